The van der Waals surface area contributed by atoms with Gasteiger partial charge in [0.25, 0.3) is 0 Å². The first-order valence-corrected chi connectivity index (χ1v) is 12.4. The van der Waals surface area contributed by atoms with Gasteiger partial charge in [0.15, 0.2) is 0 Å². The summed E-state index contributed by atoms with van der Waals surface area (Å²) in [5, 5.41) is 8.95. The van der Waals surface area contributed by atoms with E-state index >= 15 is 0 Å². The molecule has 168 valence electrons. The number of carboxylic acid groups (broad SMARTS) is 1. The molecule has 1 aliphatic carbocycles. The van der Waals surface area contributed by atoms with Crippen LogP contribution in [0.4, 0.5) is 0 Å². The Morgan fingerprint density at radius 3 is 2.12 bits per heavy atom. The molecule has 1 aromatic heterocycles. The Kier molecular flexibility index (Phi) is 6.50. The predicted molar refractivity (Wildman–Crippen MR) is 140 cm³/mol. The Balaban J connectivity index is 1.65. The smallest absolute Gasteiger partial charge is 0.328 e. The molecule has 0 aliphatic heterocycles. The van der Waals surface area contributed by atoms with Crippen LogP contribution in [0.15, 0.2) is 96.6 Å². The summed E-state index contributed by atoms with van der Waals surface area (Å²) in [6, 6.07) is 27.7. The molecular weight excluding hydrogens is 438 g/mol. The molecule has 5 rings (SSSR count). The van der Waals surface area contributed by atoms with E-state index in [9.17, 15) is 4.79 Å². The standard InChI is InChI=1S/C30H25NO2S/c32-28(33)18-11-21-9-12-25(13-10-21)30(26-16-14-22(15-17-26)27-19-31-20-34-27)29(24-7-4-8-24)23-5-2-1-3-6-23/h1-3,5-6,9-20,24H,4,7-8H2,(H,32,33)/b18-11+,30-29-. The zero-order chi connectivity index (χ0) is 23.3. The SMILES string of the molecule is O=C(O)/C=C/c1ccc(/C(=C(\c2ccccc2)C2CCC2)c2ccc(-c3cncs3)cc2)cc1. The zero-order valence-electron chi connectivity index (χ0n) is 18.7. The number of aliphatic carboxylic acids is 1. The van der Waals surface area contributed by atoms with Gasteiger partial charge in [0, 0.05) is 12.3 Å². The molecule has 0 amide bonds. The first-order chi connectivity index (χ1) is 16.7. The van der Waals surface area contributed by atoms with Gasteiger partial charge in [0.05, 0.1) is 10.4 Å². The highest BCUT2D eigenvalue weighted by Crippen LogP contribution is 2.45. The molecule has 0 spiro atoms. The van der Waals surface area contributed by atoms with Gasteiger partial charge in [0.1, 0.15) is 0 Å². The molecule has 4 aromatic rings. The first kappa shape index (κ1) is 22.1. The number of allylic oxidation sites excluding steroid dienone is 1. The van der Waals surface area contributed by atoms with Crippen LogP contribution < -0.4 is 0 Å². The van der Waals surface area contributed by atoms with Crippen molar-refractivity contribution < 1.29 is 9.90 Å². The third-order valence-corrected chi connectivity index (χ3v) is 7.20. The molecule has 3 aromatic carbocycles. The van der Waals surface area contributed by atoms with E-state index in [-0.39, 0.29) is 0 Å². The highest BCUT2D eigenvalue weighted by atomic mass is 32.1. The average Bonchev–Trinajstić information content (AvgIpc) is 3.38. The van der Waals surface area contributed by atoms with Gasteiger partial charge in [-0.1, -0.05) is 85.3 Å². The lowest BCUT2D eigenvalue weighted by molar-refractivity contribution is -0.131. The lowest BCUT2D eigenvalue weighted by Gasteiger charge is -2.31. The lowest BCUT2D eigenvalue weighted by atomic mass is 9.73. The van der Waals surface area contributed by atoms with Crippen molar-refractivity contribution >= 4 is 34.5 Å². The number of hydrogen-bond donors (Lipinski definition) is 1. The number of nitrogens with zero attached hydrogens (tertiary/aromatic N) is 1. The number of rotatable bonds is 7. The van der Waals surface area contributed by atoms with E-state index in [0.717, 1.165) is 16.0 Å². The maximum Gasteiger partial charge on any atom is 0.328 e. The summed E-state index contributed by atoms with van der Waals surface area (Å²) in [5.41, 5.74) is 10.1. The normalized spacial score (nSPS) is 14.6. The second-order valence-electron chi connectivity index (χ2n) is 8.52. The minimum absolute atomic E-state index is 0.533. The molecule has 34 heavy (non-hydrogen) atoms. The average molecular weight is 464 g/mol. The molecule has 0 unspecified atom stereocenters. The molecule has 4 heteroatoms. The minimum atomic E-state index is -0.943. The third kappa shape index (κ3) is 4.78. The summed E-state index contributed by atoms with van der Waals surface area (Å²) in [4.78, 5) is 16.3. The highest BCUT2D eigenvalue weighted by Gasteiger charge is 2.27. The van der Waals surface area contributed by atoms with Gasteiger partial charge in [-0.2, -0.15) is 0 Å². The third-order valence-electron chi connectivity index (χ3n) is 6.38. The van der Waals surface area contributed by atoms with Gasteiger partial charge in [-0.05, 0) is 63.8 Å². The summed E-state index contributed by atoms with van der Waals surface area (Å²) >= 11 is 1.64. The topological polar surface area (TPSA) is 50.2 Å². The van der Waals surface area contributed by atoms with Crippen LogP contribution in [0.5, 0.6) is 0 Å². The summed E-state index contributed by atoms with van der Waals surface area (Å²) < 4.78 is 0. The summed E-state index contributed by atoms with van der Waals surface area (Å²) in [7, 11) is 0. The number of carboxylic acids is 1. The van der Waals surface area contributed by atoms with Gasteiger partial charge >= 0.3 is 5.97 Å². The second-order valence-corrected chi connectivity index (χ2v) is 9.41. The number of hydrogen-bond acceptors (Lipinski definition) is 3. The minimum Gasteiger partial charge on any atom is -0.478 e. The van der Waals surface area contributed by atoms with Gasteiger partial charge in [-0.25, -0.2) is 4.79 Å². The molecule has 1 heterocycles. The van der Waals surface area contributed by atoms with Gasteiger partial charge in [-0.15, -0.1) is 11.3 Å². The van der Waals surface area contributed by atoms with Crippen molar-refractivity contribution in [1.29, 1.82) is 0 Å². The quantitative estimate of drug-likeness (QED) is 0.226. The van der Waals surface area contributed by atoms with Crippen molar-refractivity contribution in [2.45, 2.75) is 19.3 Å². The summed E-state index contributed by atoms with van der Waals surface area (Å²) in [6.45, 7) is 0. The molecule has 0 saturated heterocycles. The van der Waals surface area contributed by atoms with E-state index in [4.69, 9.17) is 5.11 Å². The molecule has 1 aliphatic rings. The molecule has 1 saturated carbocycles. The zero-order valence-corrected chi connectivity index (χ0v) is 19.5. The maximum absolute atomic E-state index is 10.9. The van der Waals surface area contributed by atoms with Gasteiger partial charge in [-0.3, -0.25) is 4.98 Å². The van der Waals surface area contributed by atoms with Crippen LogP contribution in [-0.4, -0.2) is 16.1 Å². The van der Waals surface area contributed by atoms with Crippen molar-refractivity contribution in [1.82, 2.24) is 4.98 Å². The highest BCUT2D eigenvalue weighted by molar-refractivity contribution is 7.13. The number of thiazole rings is 1. The number of carbonyl (C=O) groups is 1. The van der Waals surface area contributed by atoms with E-state index in [1.807, 2.05) is 23.8 Å². The van der Waals surface area contributed by atoms with Crippen molar-refractivity contribution in [2.75, 3.05) is 0 Å². The van der Waals surface area contributed by atoms with Crippen molar-refractivity contribution in [3.05, 3.63) is 119 Å². The Morgan fingerprint density at radius 2 is 1.56 bits per heavy atom. The van der Waals surface area contributed by atoms with E-state index in [0.29, 0.717) is 5.92 Å². The predicted octanol–water partition coefficient (Wildman–Crippen LogP) is 7.67. The Morgan fingerprint density at radius 1 is 0.882 bits per heavy atom. The molecule has 1 fully saturated rings. The lowest BCUT2D eigenvalue weighted by Crippen LogP contribution is -2.15. The van der Waals surface area contributed by atoms with E-state index in [1.54, 1.807) is 17.4 Å². The molecular formula is C30H25NO2S. The molecule has 1 N–H and O–H groups in total. The van der Waals surface area contributed by atoms with Gasteiger partial charge < -0.3 is 5.11 Å². The molecule has 3 nitrogen and oxygen atoms in total. The Bertz CT molecular complexity index is 1320. The summed E-state index contributed by atoms with van der Waals surface area (Å²) in [6.07, 6.45) is 8.37. The second kappa shape index (κ2) is 10.0. The van der Waals surface area contributed by atoms with Crippen LogP contribution in [0, 0.1) is 5.92 Å². The van der Waals surface area contributed by atoms with Gasteiger partial charge in [0.2, 0.25) is 0 Å². The first-order valence-electron chi connectivity index (χ1n) is 11.5. The van der Waals surface area contributed by atoms with Crippen molar-refractivity contribution in [3.8, 4) is 10.4 Å². The fourth-order valence-electron chi connectivity index (χ4n) is 4.46. The maximum atomic E-state index is 10.9. The van der Waals surface area contributed by atoms with Crippen LogP contribution in [0.1, 0.15) is 41.5 Å². The van der Waals surface area contributed by atoms with Crippen LogP contribution in [0.25, 0.3) is 27.7 Å². The number of aromatic nitrogens is 1. The monoisotopic (exact) mass is 463 g/mol. The van der Waals surface area contributed by atoms with Crippen LogP contribution >= 0.6 is 11.3 Å². The van der Waals surface area contributed by atoms with E-state index in [2.05, 4.69) is 71.7 Å². The Hall–Kier alpha value is -3.76. The van der Waals surface area contributed by atoms with Crippen molar-refractivity contribution in [3.63, 3.8) is 0 Å². The summed E-state index contributed by atoms with van der Waals surface area (Å²) in [5.74, 6) is -0.410. The van der Waals surface area contributed by atoms with E-state index < -0.39 is 5.97 Å². The molecule has 0 bridgehead atoms. The number of benzene rings is 3. The Labute approximate surface area is 203 Å². The largest absolute Gasteiger partial charge is 0.478 e. The van der Waals surface area contributed by atoms with Crippen LogP contribution in [-0.2, 0) is 4.79 Å². The van der Waals surface area contributed by atoms with Crippen LogP contribution in [0.3, 0.4) is 0 Å². The fourth-order valence-corrected chi connectivity index (χ4v) is 5.09. The van der Waals surface area contributed by atoms with Crippen LogP contribution in [0.2, 0.25) is 0 Å². The fraction of sp³-hybridized carbons (Fsp3) is 0.133. The molecule has 0 radical (unpaired) electrons. The van der Waals surface area contributed by atoms with E-state index in [1.165, 1.54) is 53.2 Å². The molecule has 0 atom stereocenters. The van der Waals surface area contributed by atoms with Crippen molar-refractivity contribution in [2.24, 2.45) is 5.92 Å².